The summed E-state index contributed by atoms with van der Waals surface area (Å²) in [5, 5.41) is 15.8. The van der Waals surface area contributed by atoms with Crippen LogP contribution in [0.3, 0.4) is 0 Å². The molecule has 4 rings (SSSR count). The van der Waals surface area contributed by atoms with E-state index in [1.165, 1.54) is 4.63 Å². The van der Waals surface area contributed by atoms with Crippen LogP contribution in [0, 0.1) is 0 Å². The van der Waals surface area contributed by atoms with Crippen LogP contribution >= 0.6 is 0 Å². The second-order valence-electron chi connectivity index (χ2n) is 5.71. The topological polar surface area (TPSA) is 71.7 Å². The summed E-state index contributed by atoms with van der Waals surface area (Å²) in [4.78, 5) is 4.67. The summed E-state index contributed by atoms with van der Waals surface area (Å²) in [6.07, 6.45) is 0. The molecule has 1 aromatic carbocycles. The van der Waals surface area contributed by atoms with Crippen LogP contribution in [-0.4, -0.2) is 69.5 Å². The molecule has 2 aromatic heterocycles. The molecular weight excluding hydrogens is 306 g/mol. The lowest BCUT2D eigenvalue weighted by molar-refractivity contribution is 0.200. The molecule has 1 saturated heterocycles. The number of para-hydroxylation sites is 1. The number of nitrogens with zero attached hydrogens (tertiary/aromatic N) is 7. The van der Waals surface area contributed by atoms with Crippen LogP contribution in [0.2, 0.25) is 0 Å². The third-order valence-corrected chi connectivity index (χ3v) is 4.17. The number of aromatic nitrogens is 5. The van der Waals surface area contributed by atoms with Gasteiger partial charge in [-0.25, -0.2) is 0 Å². The Labute approximate surface area is 139 Å². The van der Waals surface area contributed by atoms with Crippen LogP contribution in [0.1, 0.15) is 0 Å². The van der Waals surface area contributed by atoms with Gasteiger partial charge in [-0.2, -0.15) is 0 Å². The number of tetrazole rings is 1. The Kier molecular flexibility index (Phi) is 4.20. The van der Waals surface area contributed by atoms with E-state index in [4.69, 9.17) is 4.74 Å². The second kappa shape index (κ2) is 6.79. The van der Waals surface area contributed by atoms with Gasteiger partial charge in [-0.1, -0.05) is 18.2 Å². The summed E-state index contributed by atoms with van der Waals surface area (Å²) in [7, 11) is 0. The molecule has 24 heavy (non-hydrogen) atoms. The molecule has 0 spiro atoms. The van der Waals surface area contributed by atoms with E-state index in [1.54, 1.807) is 0 Å². The third-order valence-electron chi connectivity index (χ3n) is 4.17. The minimum atomic E-state index is 0.662. The molecule has 8 heteroatoms. The van der Waals surface area contributed by atoms with E-state index in [9.17, 15) is 0 Å². The van der Waals surface area contributed by atoms with Gasteiger partial charge in [0.25, 0.3) is 0 Å². The first kappa shape index (κ1) is 14.8. The second-order valence-corrected chi connectivity index (χ2v) is 5.71. The van der Waals surface area contributed by atoms with Crippen LogP contribution in [-0.2, 0) is 0 Å². The van der Waals surface area contributed by atoms with E-state index in [0.717, 1.165) is 44.3 Å². The maximum atomic E-state index is 5.77. The fraction of sp³-hybridized carbons (Fsp3) is 0.375. The number of rotatable bonds is 5. The highest BCUT2D eigenvalue weighted by Crippen LogP contribution is 2.14. The van der Waals surface area contributed by atoms with Gasteiger partial charge < -0.3 is 9.64 Å². The molecule has 0 aliphatic carbocycles. The van der Waals surface area contributed by atoms with Gasteiger partial charge in [-0.15, -0.1) is 14.8 Å². The van der Waals surface area contributed by atoms with Crippen molar-refractivity contribution in [3.8, 4) is 5.75 Å². The quantitative estimate of drug-likeness (QED) is 0.684. The summed E-state index contributed by atoms with van der Waals surface area (Å²) >= 11 is 0. The van der Waals surface area contributed by atoms with Gasteiger partial charge in [-0.05, 0) is 34.7 Å². The number of hydrogen-bond donors (Lipinski definition) is 0. The Morgan fingerprint density at radius 3 is 2.62 bits per heavy atom. The van der Waals surface area contributed by atoms with Gasteiger partial charge in [0.1, 0.15) is 12.4 Å². The summed E-state index contributed by atoms with van der Waals surface area (Å²) < 4.78 is 7.23. The van der Waals surface area contributed by atoms with Crippen molar-refractivity contribution < 1.29 is 4.74 Å². The molecule has 8 nitrogen and oxygen atoms in total. The monoisotopic (exact) mass is 325 g/mol. The van der Waals surface area contributed by atoms with E-state index >= 15 is 0 Å². The smallest absolute Gasteiger partial charge is 0.200 e. The molecule has 124 valence electrons. The number of hydrogen-bond acceptors (Lipinski definition) is 7. The number of benzene rings is 1. The molecule has 0 unspecified atom stereocenters. The Morgan fingerprint density at radius 1 is 0.958 bits per heavy atom. The molecule has 1 fully saturated rings. The first-order valence-electron chi connectivity index (χ1n) is 8.09. The summed E-state index contributed by atoms with van der Waals surface area (Å²) in [6.45, 7) is 5.50. The van der Waals surface area contributed by atoms with Crippen molar-refractivity contribution >= 4 is 11.5 Å². The molecular formula is C16H19N7O. The van der Waals surface area contributed by atoms with E-state index in [-0.39, 0.29) is 0 Å². The van der Waals surface area contributed by atoms with Crippen molar-refractivity contribution in [1.29, 1.82) is 0 Å². The van der Waals surface area contributed by atoms with Crippen LogP contribution in [0.25, 0.3) is 5.65 Å². The lowest BCUT2D eigenvalue weighted by Gasteiger charge is -2.35. The Bertz CT molecular complexity index is 783. The zero-order valence-corrected chi connectivity index (χ0v) is 13.3. The zero-order chi connectivity index (χ0) is 16.2. The van der Waals surface area contributed by atoms with Gasteiger partial charge >= 0.3 is 0 Å². The minimum absolute atomic E-state index is 0.662. The molecule has 3 aromatic rings. The van der Waals surface area contributed by atoms with Crippen LogP contribution in [0.5, 0.6) is 5.75 Å². The number of fused-ring (bicyclic) bond motifs is 1. The first-order chi connectivity index (χ1) is 11.9. The van der Waals surface area contributed by atoms with Crippen molar-refractivity contribution in [3.05, 3.63) is 42.5 Å². The largest absolute Gasteiger partial charge is 0.492 e. The maximum Gasteiger partial charge on any atom is 0.200 e. The summed E-state index contributed by atoms with van der Waals surface area (Å²) in [5.41, 5.74) is 0.662. The predicted molar refractivity (Wildman–Crippen MR) is 89.2 cm³/mol. The highest BCUT2D eigenvalue weighted by molar-refractivity contribution is 5.44. The van der Waals surface area contributed by atoms with Crippen LogP contribution in [0.4, 0.5) is 5.82 Å². The molecule has 0 bridgehead atoms. The van der Waals surface area contributed by atoms with Gasteiger partial charge in [0.05, 0.1) is 0 Å². The molecule has 0 amide bonds. The van der Waals surface area contributed by atoms with Gasteiger partial charge in [0, 0.05) is 32.7 Å². The molecule has 0 radical (unpaired) electrons. The highest BCUT2D eigenvalue weighted by atomic mass is 16.5. The normalized spacial score (nSPS) is 15.8. The van der Waals surface area contributed by atoms with Crippen LogP contribution < -0.4 is 9.64 Å². The Balaban J connectivity index is 1.27. The molecule has 0 N–H and O–H groups in total. The average Bonchev–Trinajstić information content (AvgIpc) is 3.11. The molecule has 0 saturated carbocycles. The Hall–Kier alpha value is -2.74. The fourth-order valence-corrected chi connectivity index (χ4v) is 2.82. The van der Waals surface area contributed by atoms with Gasteiger partial charge in [0.2, 0.25) is 0 Å². The summed E-state index contributed by atoms with van der Waals surface area (Å²) in [5.74, 6) is 1.84. The number of anilines is 1. The first-order valence-corrected chi connectivity index (χ1v) is 8.09. The van der Waals surface area contributed by atoms with Crippen LogP contribution in [0.15, 0.2) is 42.5 Å². The lowest BCUT2D eigenvalue weighted by Crippen LogP contribution is -2.47. The van der Waals surface area contributed by atoms with E-state index in [0.29, 0.717) is 12.3 Å². The molecule has 0 atom stereocenters. The molecule has 1 aliphatic rings. The van der Waals surface area contributed by atoms with Crippen molar-refractivity contribution in [1.82, 2.24) is 30.2 Å². The maximum absolute atomic E-state index is 5.77. The fourth-order valence-electron chi connectivity index (χ4n) is 2.82. The molecule has 1 aliphatic heterocycles. The van der Waals surface area contributed by atoms with E-state index in [1.807, 2.05) is 42.5 Å². The molecule has 3 heterocycles. The predicted octanol–water partition coefficient (Wildman–Crippen LogP) is 0.720. The van der Waals surface area contributed by atoms with Gasteiger partial charge in [0.15, 0.2) is 11.5 Å². The highest BCUT2D eigenvalue weighted by Gasteiger charge is 2.18. The third kappa shape index (κ3) is 3.28. The van der Waals surface area contributed by atoms with Crippen molar-refractivity contribution in [2.75, 3.05) is 44.2 Å². The number of piperazine rings is 1. The Morgan fingerprint density at radius 2 is 1.79 bits per heavy atom. The SMILES string of the molecule is c1ccc(OCCN2CCN(c3ccc4nnnn4n3)CC2)cc1. The van der Waals surface area contributed by atoms with Crippen molar-refractivity contribution in [3.63, 3.8) is 0 Å². The zero-order valence-electron chi connectivity index (χ0n) is 13.3. The summed E-state index contributed by atoms with van der Waals surface area (Å²) in [6, 6.07) is 13.8. The van der Waals surface area contributed by atoms with E-state index < -0.39 is 0 Å². The van der Waals surface area contributed by atoms with E-state index in [2.05, 4.69) is 30.4 Å². The van der Waals surface area contributed by atoms with Crippen molar-refractivity contribution in [2.45, 2.75) is 0 Å². The van der Waals surface area contributed by atoms with Crippen molar-refractivity contribution in [2.24, 2.45) is 0 Å². The minimum Gasteiger partial charge on any atom is -0.492 e. The standard InChI is InChI=1S/C16H19N7O/c1-2-4-14(5-3-1)24-13-12-21-8-10-22(11-9-21)16-7-6-15-17-19-20-23(15)18-16/h1-7H,8-13H2. The lowest BCUT2D eigenvalue weighted by atomic mass is 10.3. The average molecular weight is 325 g/mol. The van der Waals surface area contributed by atoms with Gasteiger partial charge in [-0.3, -0.25) is 4.90 Å². The number of ether oxygens (including phenoxy) is 1.